The average molecular weight is 359 g/mol. The highest BCUT2D eigenvalue weighted by Crippen LogP contribution is 2.33. The average Bonchev–Trinajstić information content (AvgIpc) is 3.25. The van der Waals surface area contributed by atoms with Gasteiger partial charge in [0.1, 0.15) is 11.6 Å². The largest absolute Gasteiger partial charge is 0.396 e. The number of hydrogen-bond donors (Lipinski definition) is 3. The number of aromatic amines is 1. The molecular weight excluding hydrogens is 340 g/mol. The fourth-order valence-corrected chi connectivity index (χ4v) is 3.59. The van der Waals surface area contributed by atoms with Crippen LogP contribution in [0.15, 0.2) is 36.5 Å². The predicted octanol–water partition coefficient (Wildman–Crippen LogP) is 2.32. The molecule has 0 saturated carbocycles. The van der Waals surface area contributed by atoms with E-state index < -0.39 is 0 Å². The van der Waals surface area contributed by atoms with E-state index in [-0.39, 0.29) is 25.0 Å². The van der Waals surface area contributed by atoms with Crippen molar-refractivity contribution in [1.29, 1.82) is 0 Å². The van der Waals surface area contributed by atoms with Gasteiger partial charge in [-0.25, -0.2) is 9.97 Å². The summed E-state index contributed by atoms with van der Waals surface area (Å²) in [6.07, 6.45) is 1.62. The summed E-state index contributed by atoms with van der Waals surface area (Å²) in [4.78, 5) is 14.4. The van der Waals surface area contributed by atoms with Gasteiger partial charge in [-0.3, -0.25) is 0 Å². The van der Waals surface area contributed by atoms with Gasteiger partial charge in [0.2, 0.25) is 0 Å². The number of benzene rings is 1. The number of aliphatic hydroxyl groups is 2. The van der Waals surface area contributed by atoms with Crippen LogP contribution in [0.25, 0.3) is 22.4 Å². The number of nitrogens with one attached hydrogen (secondary N) is 1. The third-order valence-corrected chi connectivity index (χ3v) is 5.16. The lowest BCUT2D eigenvalue weighted by atomic mass is 9.98. The van der Waals surface area contributed by atoms with Crippen LogP contribution in [0.4, 0.5) is 5.82 Å². The molecule has 130 valence electrons. The maximum atomic E-state index is 9.50. The van der Waals surface area contributed by atoms with E-state index in [0.717, 1.165) is 22.4 Å². The molecule has 1 aliphatic rings. The molecule has 2 atom stereocenters. The highest BCUT2D eigenvalue weighted by atomic mass is 35.5. The number of imidazole rings is 1. The summed E-state index contributed by atoms with van der Waals surface area (Å²) in [6, 6.07) is 9.73. The number of H-pyrrole nitrogens is 1. The molecule has 3 heterocycles. The molecule has 6 nitrogen and oxygen atoms in total. The normalized spacial score (nSPS) is 20.5. The molecule has 25 heavy (non-hydrogen) atoms. The molecule has 0 spiro atoms. The minimum atomic E-state index is 0.0529. The van der Waals surface area contributed by atoms with Gasteiger partial charge in [-0.1, -0.05) is 23.7 Å². The van der Waals surface area contributed by atoms with Crippen LogP contribution in [0.1, 0.15) is 0 Å². The Kier molecular flexibility index (Phi) is 4.33. The summed E-state index contributed by atoms with van der Waals surface area (Å²) in [5.74, 6) is 1.58. The van der Waals surface area contributed by atoms with Gasteiger partial charge in [-0.15, -0.1) is 0 Å². The van der Waals surface area contributed by atoms with Gasteiger partial charge >= 0.3 is 0 Å². The minimum absolute atomic E-state index is 0.0529. The fraction of sp³-hybridized carbons (Fsp3) is 0.333. The first-order valence-corrected chi connectivity index (χ1v) is 8.64. The lowest BCUT2D eigenvalue weighted by molar-refractivity contribution is 0.152. The van der Waals surface area contributed by atoms with E-state index in [0.29, 0.717) is 23.9 Å². The molecule has 1 aromatic carbocycles. The smallest absolute Gasteiger partial charge is 0.140 e. The van der Waals surface area contributed by atoms with E-state index in [1.54, 1.807) is 6.20 Å². The van der Waals surface area contributed by atoms with Crippen molar-refractivity contribution >= 4 is 28.5 Å². The first-order valence-electron chi connectivity index (χ1n) is 8.27. The molecule has 0 radical (unpaired) electrons. The van der Waals surface area contributed by atoms with Crippen LogP contribution in [0, 0.1) is 11.8 Å². The van der Waals surface area contributed by atoms with Gasteiger partial charge in [0, 0.05) is 49.9 Å². The van der Waals surface area contributed by atoms with Gasteiger partial charge in [0.15, 0.2) is 0 Å². The highest BCUT2D eigenvalue weighted by molar-refractivity contribution is 6.33. The third-order valence-electron chi connectivity index (χ3n) is 4.85. The van der Waals surface area contributed by atoms with Crippen molar-refractivity contribution in [1.82, 2.24) is 15.0 Å². The minimum Gasteiger partial charge on any atom is -0.396 e. The Balaban J connectivity index is 1.69. The van der Waals surface area contributed by atoms with Crippen molar-refractivity contribution in [2.75, 3.05) is 31.2 Å². The van der Waals surface area contributed by atoms with Crippen LogP contribution in [-0.2, 0) is 0 Å². The molecule has 2 unspecified atom stereocenters. The molecule has 0 amide bonds. The van der Waals surface area contributed by atoms with E-state index in [9.17, 15) is 10.2 Å². The summed E-state index contributed by atoms with van der Waals surface area (Å²) in [7, 11) is 0. The summed E-state index contributed by atoms with van der Waals surface area (Å²) < 4.78 is 0. The van der Waals surface area contributed by atoms with Gasteiger partial charge in [0.05, 0.1) is 16.1 Å². The van der Waals surface area contributed by atoms with Crippen molar-refractivity contribution in [2.24, 2.45) is 11.8 Å². The second kappa shape index (κ2) is 6.63. The van der Waals surface area contributed by atoms with E-state index in [4.69, 9.17) is 11.6 Å². The van der Waals surface area contributed by atoms with E-state index in [1.165, 1.54) is 0 Å². The maximum Gasteiger partial charge on any atom is 0.140 e. The lowest BCUT2D eigenvalue weighted by Gasteiger charge is -2.18. The van der Waals surface area contributed by atoms with Gasteiger partial charge in [-0.2, -0.15) is 0 Å². The quantitative estimate of drug-likeness (QED) is 0.666. The molecule has 1 fully saturated rings. The van der Waals surface area contributed by atoms with Gasteiger partial charge < -0.3 is 20.1 Å². The summed E-state index contributed by atoms with van der Waals surface area (Å²) in [5, 5.41) is 19.5. The second-order valence-electron chi connectivity index (χ2n) is 6.42. The Labute approximate surface area is 150 Å². The topological polar surface area (TPSA) is 85.3 Å². The number of anilines is 1. The Morgan fingerprint density at radius 3 is 2.56 bits per heavy atom. The summed E-state index contributed by atoms with van der Waals surface area (Å²) >= 11 is 6.36. The van der Waals surface area contributed by atoms with Crippen molar-refractivity contribution < 1.29 is 10.2 Å². The lowest BCUT2D eigenvalue weighted by Crippen LogP contribution is -2.21. The Morgan fingerprint density at radius 2 is 1.88 bits per heavy atom. The zero-order chi connectivity index (χ0) is 17.4. The molecule has 3 aromatic rings. The van der Waals surface area contributed by atoms with Crippen LogP contribution >= 0.6 is 11.6 Å². The number of rotatable bonds is 4. The molecule has 1 aliphatic heterocycles. The van der Waals surface area contributed by atoms with Crippen molar-refractivity contribution in [2.45, 2.75) is 0 Å². The number of fused-ring (bicyclic) bond motifs is 1. The number of para-hydroxylation sites is 2. The zero-order valence-corrected chi connectivity index (χ0v) is 14.3. The molecule has 0 bridgehead atoms. The molecule has 1 saturated heterocycles. The van der Waals surface area contributed by atoms with Crippen LogP contribution in [0.5, 0.6) is 0 Å². The molecule has 2 aromatic heterocycles. The molecule has 0 aliphatic carbocycles. The number of aliphatic hydroxyl groups excluding tert-OH is 2. The first kappa shape index (κ1) is 16.3. The zero-order valence-electron chi connectivity index (χ0n) is 13.6. The summed E-state index contributed by atoms with van der Waals surface area (Å²) in [5.41, 5.74) is 2.62. The SMILES string of the molecule is OCC1CN(c2cc(-c3nc4ccccc4[nH]3)c(Cl)cn2)CC1CO. The van der Waals surface area contributed by atoms with Crippen molar-refractivity contribution in [3.8, 4) is 11.4 Å². The monoisotopic (exact) mass is 358 g/mol. The maximum absolute atomic E-state index is 9.50. The van der Waals surface area contributed by atoms with Crippen LogP contribution in [0.2, 0.25) is 5.02 Å². The van der Waals surface area contributed by atoms with E-state index in [2.05, 4.69) is 19.9 Å². The highest BCUT2D eigenvalue weighted by Gasteiger charge is 2.32. The number of aromatic nitrogens is 3. The number of halogens is 1. The number of hydrogen-bond acceptors (Lipinski definition) is 5. The van der Waals surface area contributed by atoms with E-state index >= 15 is 0 Å². The fourth-order valence-electron chi connectivity index (χ4n) is 3.40. The molecule has 3 N–H and O–H groups in total. The van der Waals surface area contributed by atoms with Crippen LogP contribution in [-0.4, -0.2) is 51.5 Å². The van der Waals surface area contributed by atoms with Crippen LogP contribution < -0.4 is 4.90 Å². The van der Waals surface area contributed by atoms with E-state index in [1.807, 2.05) is 30.3 Å². The second-order valence-corrected chi connectivity index (χ2v) is 6.82. The molecular formula is C18H19ClN4O2. The standard InChI is InChI=1S/C18H19ClN4O2/c19-14-6-20-17(23-7-11(9-24)12(8-23)10-25)5-13(14)18-21-15-3-1-2-4-16(15)22-18/h1-6,11-12,24-25H,7-10H2,(H,21,22). The third kappa shape index (κ3) is 2.97. The first-order chi connectivity index (χ1) is 12.2. The molecule has 7 heteroatoms. The Hall–Kier alpha value is -2.15. The van der Waals surface area contributed by atoms with Crippen molar-refractivity contribution in [3.63, 3.8) is 0 Å². The van der Waals surface area contributed by atoms with Gasteiger partial charge in [0.25, 0.3) is 0 Å². The molecule has 4 rings (SSSR count). The predicted molar refractivity (Wildman–Crippen MR) is 97.7 cm³/mol. The van der Waals surface area contributed by atoms with Crippen LogP contribution in [0.3, 0.4) is 0 Å². The Morgan fingerprint density at radius 1 is 1.16 bits per heavy atom. The van der Waals surface area contributed by atoms with Crippen molar-refractivity contribution in [3.05, 3.63) is 41.6 Å². The van der Waals surface area contributed by atoms with Gasteiger partial charge in [-0.05, 0) is 18.2 Å². The summed E-state index contributed by atoms with van der Waals surface area (Å²) in [6.45, 7) is 1.45. The number of pyridine rings is 1. The Bertz CT molecular complexity index is 853. The number of nitrogens with zero attached hydrogens (tertiary/aromatic N) is 3.